The molecule has 0 aromatic heterocycles. The molecule has 7 nitrogen and oxygen atoms in total. The molecule has 1 unspecified atom stereocenters. The zero-order valence-electron chi connectivity index (χ0n) is 25.4. The van der Waals surface area contributed by atoms with Crippen LogP contribution >= 0.6 is 27.5 Å². The predicted molar refractivity (Wildman–Crippen MR) is 186 cm³/mol. The van der Waals surface area contributed by atoms with Crippen molar-refractivity contribution in [3.63, 3.8) is 0 Å². The number of rotatable bonds is 12. The monoisotopic (exact) mass is 721 g/mol. The summed E-state index contributed by atoms with van der Waals surface area (Å²) in [4.78, 5) is 30.3. The van der Waals surface area contributed by atoms with Crippen LogP contribution in [0.15, 0.2) is 119 Å². The summed E-state index contributed by atoms with van der Waals surface area (Å²) in [5.74, 6) is -0.792. The third-order valence-electron chi connectivity index (χ3n) is 8.25. The molecule has 1 aliphatic rings. The summed E-state index contributed by atoms with van der Waals surface area (Å²) in [6.07, 6.45) is 5.23. The highest BCUT2D eigenvalue weighted by molar-refractivity contribution is 9.10. The fraction of sp³-hybridized carbons (Fsp3) is 0.278. The number of benzene rings is 4. The van der Waals surface area contributed by atoms with Crippen molar-refractivity contribution in [2.45, 2.75) is 62.0 Å². The Balaban J connectivity index is 1.56. The molecule has 0 saturated heterocycles. The van der Waals surface area contributed by atoms with E-state index in [4.69, 9.17) is 11.6 Å². The van der Waals surface area contributed by atoms with Gasteiger partial charge in [0.1, 0.15) is 12.6 Å². The van der Waals surface area contributed by atoms with Crippen molar-refractivity contribution in [3.05, 3.63) is 130 Å². The molecule has 4 aromatic rings. The third-order valence-corrected chi connectivity index (χ3v) is 10.9. The molecule has 1 aliphatic carbocycles. The van der Waals surface area contributed by atoms with Crippen LogP contribution in [0.1, 0.15) is 43.2 Å². The normalized spacial score (nSPS) is 14.3. The van der Waals surface area contributed by atoms with Crippen LogP contribution in [0.2, 0.25) is 5.02 Å². The van der Waals surface area contributed by atoms with E-state index in [2.05, 4.69) is 21.2 Å². The Bertz CT molecular complexity index is 1720. The van der Waals surface area contributed by atoms with Crippen LogP contribution in [-0.4, -0.2) is 43.8 Å². The molecule has 1 N–H and O–H groups in total. The first-order valence-electron chi connectivity index (χ1n) is 15.4. The number of carbonyl (C=O) groups excluding carboxylic acids is 2. The largest absolute Gasteiger partial charge is 0.352 e. The van der Waals surface area contributed by atoms with E-state index in [-0.39, 0.29) is 29.8 Å². The van der Waals surface area contributed by atoms with Crippen molar-refractivity contribution in [2.24, 2.45) is 0 Å². The van der Waals surface area contributed by atoms with Gasteiger partial charge in [-0.15, -0.1) is 0 Å². The smallest absolute Gasteiger partial charge is 0.264 e. The molecule has 0 aliphatic heterocycles. The lowest BCUT2D eigenvalue weighted by atomic mass is 9.94. The first-order valence-corrected chi connectivity index (χ1v) is 18.0. The molecule has 0 spiro atoms. The molecular weight excluding hydrogens is 686 g/mol. The van der Waals surface area contributed by atoms with Crippen LogP contribution in [0.5, 0.6) is 0 Å². The zero-order valence-corrected chi connectivity index (χ0v) is 28.6. The van der Waals surface area contributed by atoms with Crippen molar-refractivity contribution in [3.8, 4) is 0 Å². The summed E-state index contributed by atoms with van der Waals surface area (Å²) in [6, 6.07) is 30.6. The number of sulfonamides is 1. The minimum atomic E-state index is -4.16. The summed E-state index contributed by atoms with van der Waals surface area (Å²) in [5.41, 5.74) is 1.86. The number of amides is 2. The van der Waals surface area contributed by atoms with Gasteiger partial charge in [-0.1, -0.05) is 114 Å². The van der Waals surface area contributed by atoms with E-state index in [1.807, 2.05) is 42.5 Å². The van der Waals surface area contributed by atoms with Gasteiger partial charge in [-0.2, -0.15) is 0 Å². The summed E-state index contributed by atoms with van der Waals surface area (Å²) >= 11 is 10.0. The maximum Gasteiger partial charge on any atom is 0.264 e. The van der Waals surface area contributed by atoms with Gasteiger partial charge in [-0.05, 0) is 66.4 Å². The van der Waals surface area contributed by atoms with Crippen molar-refractivity contribution < 1.29 is 18.0 Å². The molecule has 2 amide bonds. The third kappa shape index (κ3) is 8.57. The molecule has 240 valence electrons. The van der Waals surface area contributed by atoms with E-state index in [9.17, 15) is 18.0 Å². The van der Waals surface area contributed by atoms with Gasteiger partial charge >= 0.3 is 0 Å². The van der Waals surface area contributed by atoms with E-state index in [0.717, 1.165) is 46.4 Å². The van der Waals surface area contributed by atoms with Gasteiger partial charge in [0.2, 0.25) is 11.8 Å². The highest BCUT2D eigenvalue weighted by atomic mass is 79.9. The fourth-order valence-electron chi connectivity index (χ4n) is 5.76. The topological polar surface area (TPSA) is 86.8 Å². The van der Waals surface area contributed by atoms with Crippen LogP contribution in [0.3, 0.4) is 0 Å². The number of nitrogens with one attached hydrogen (secondary N) is 1. The quantitative estimate of drug-likeness (QED) is 0.165. The zero-order chi connectivity index (χ0) is 32.5. The summed E-state index contributed by atoms with van der Waals surface area (Å²) < 4.78 is 30.0. The number of anilines is 1. The van der Waals surface area contributed by atoms with Crippen molar-refractivity contribution in [2.75, 3.05) is 10.8 Å². The lowest BCUT2D eigenvalue weighted by Crippen LogP contribution is -2.55. The summed E-state index contributed by atoms with van der Waals surface area (Å²) in [6.45, 7) is -0.501. The average molecular weight is 723 g/mol. The second-order valence-corrected chi connectivity index (χ2v) is 14.6. The van der Waals surface area contributed by atoms with Crippen LogP contribution < -0.4 is 9.62 Å². The molecule has 1 fully saturated rings. The van der Waals surface area contributed by atoms with E-state index >= 15 is 0 Å². The van der Waals surface area contributed by atoms with Gasteiger partial charge < -0.3 is 10.2 Å². The van der Waals surface area contributed by atoms with Gasteiger partial charge in [0.15, 0.2) is 0 Å². The lowest BCUT2D eigenvalue weighted by Gasteiger charge is -2.35. The van der Waals surface area contributed by atoms with Gasteiger partial charge in [-0.25, -0.2) is 8.42 Å². The first-order chi connectivity index (χ1) is 22.2. The van der Waals surface area contributed by atoms with E-state index in [0.29, 0.717) is 16.3 Å². The van der Waals surface area contributed by atoms with Crippen LogP contribution in [0.25, 0.3) is 0 Å². The van der Waals surface area contributed by atoms with Gasteiger partial charge in [0, 0.05) is 28.5 Å². The van der Waals surface area contributed by atoms with Gasteiger partial charge in [0.05, 0.1) is 10.6 Å². The molecule has 0 heterocycles. The molecule has 1 atom stereocenters. The molecule has 46 heavy (non-hydrogen) atoms. The van der Waals surface area contributed by atoms with E-state index in [1.54, 1.807) is 54.6 Å². The summed E-state index contributed by atoms with van der Waals surface area (Å²) in [5, 5.41) is 3.67. The molecule has 4 aromatic carbocycles. The Labute approximate surface area is 284 Å². The second-order valence-electron chi connectivity index (χ2n) is 11.5. The van der Waals surface area contributed by atoms with E-state index < -0.39 is 28.5 Å². The highest BCUT2D eigenvalue weighted by Crippen LogP contribution is 2.27. The molecular formula is C36H37BrClN3O4S. The highest BCUT2D eigenvalue weighted by Gasteiger charge is 2.35. The van der Waals surface area contributed by atoms with Crippen molar-refractivity contribution >= 4 is 55.1 Å². The molecule has 0 bridgehead atoms. The first kappa shape index (κ1) is 33.7. The van der Waals surface area contributed by atoms with Crippen LogP contribution in [-0.2, 0) is 32.6 Å². The Morgan fingerprint density at radius 1 is 0.826 bits per heavy atom. The van der Waals surface area contributed by atoms with Crippen LogP contribution in [0, 0.1) is 0 Å². The standard InChI is InChI=1S/C36H37BrClN3O4S/c37-29-20-22-31(23-21-29)41(46(44,45)32-17-8-3-9-18-32)26-35(42)40(25-28-14-10-11-19-33(28)38)34(24-27-12-4-1-5-13-27)36(43)39-30-15-6-2-7-16-30/h1,3-5,8-14,17-23,30,34H,2,6-7,15-16,24-26H2,(H,39,43). The maximum atomic E-state index is 14.6. The Hall–Kier alpha value is -3.66. The molecule has 5 rings (SSSR count). The number of halogens is 2. The minimum absolute atomic E-state index is 0.0215. The number of nitrogens with zero attached hydrogens (tertiary/aromatic N) is 2. The average Bonchev–Trinajstić information content (AvgIpc) is 3.07. The Morgan fingerprint density at radius 2 is 1.43 bits per heavy atom. The van der Waals surface area contributed by atoms with Gasteiger partial charge in [0.25, 0.3) is 10.0 Å². The van der Waals surface area contributed by atoms with E-state index in [1.165, 1.54) is 17.0 Å². The number of hydrogen-bond donors (Lipinski definition) is 1. The minimum Gasteiger partial charge on any atom is -0.352 e. The molecule has 0 radical (unpaired) electrons. The fourth-order valence-corrected chi connectivity index (χ4v) is 7.66. The second kappa shape index (κ2) is 15.8. The maximum absolute atomic E-state index is 14.6. The predicted octanol–water partition coefficient (Wildman–Crippen LogP) is 7.39. The Kier molecular flexibility index (Phi) is 11.5. The molecule has 1 saturated carbocycles. The van der Waals surface area contributed by atoms with Crippen LogP contribution in [0.4, 0.5) is 5.69 Å². The van der Waals surface area contributed by atoms with Crippen molar-refractivity contribution in [1.29, 1.82) is 0 Å². The Morgan fingerprint density at radius 3 is 2.09 bits per heavy atom. The SMILES string of the molecule is O=C(NC1CCCCC1)C(Cc1ccccc1)N(Cc1ccccc1Cl)C(=O)CN(c1ccc(Br)cc1)S(=O)(=O)c1ccccc1. The number of hydrogen-bond acceptors (Lipinski definition) is 4. The van der Waals surface area contributed by atoms with Gasteiger partial charge in [-0.3, -0.25) is 13.9 Å². The van der Waals surface area contributed by atoms with Crippen molar-refractivity contribution in [1.82, 2.24) is 10.2 Å². The number of carbonyl (C=O) groups is 2. The summed E-state index contributed by atoms with van der Waals surface area (Å²) in [7, 11) is -4.16. The molecule has 10 heteroatoms. The lowest BCUT2D eigenvalue weighted by molar-refractivity contribution is -0.140.